The maximum atomic E-state index is 12.3. The van der Waals surface area contributed by atoms with Crippen LogP contribution in [0.1, 0.15) is 43.7 Å². The van der Waals surface area contributed by atoms with Crippen LogP contribution in [-0.2, 0) is 14.9 Å². The monoisotopic (exact) mass is 455 g/mol. The average Bonchev–Trinajstić information content (AvgIpc) is 3.07. The molecule has 0 aliphatic heterocycles. The van der Waals surface area contributed by atoms with E-state index < -0.39 is 12.5 Å². The molecule has 2 aromatic rings. The van der Waals surface area contributed by atoms with Gasteiger partial charge in [-0.15, -0.1) is 13.2 Å². The Morgan fingerprint density at radius 1 is 1.23 bits per heavy atom. The smallest absolute Gasteiger partial charge is 0.484 e. The SMILES string of the molecule is O=C(COc1ccc(Cl)cc1)NC12CC(c3cnn(C4CC(OC(F)(F)F)C4)c3)(C1)C2. The number of nitrogens with zero attached hydrogens (tertiary/aromatic N) is 2. The van der Waals surface area contributed by atoms with E-state index >= 15 is 0 Å². The van der Waals surface area contributed by atoms with Gasteiger partial charge in [-0.25, -0.2) is 0 Å². The largest absolute Gasteiger partial charge is 0.522 e. The number of hydrogen-bond acceptors (Lipinski definition) is 4. The summed E-state index contributed by atoms with van der Waals surface area (Å²) < 4.78 is 48.1. The standard InChI is InChI=1S/C21H21ClF3N3O3/c22-14-1-3-16(4-2-14)30-9-18(29)27-20-10-19(11-20,12-20)13-7-26-28(8-13)15-5-17(6-15)31-21(23,24)25/h1-4,7-8,15,17H,5-6,9-12H2,(H,27,29). The van der Waals surface area contributed by atoms with Crippen molar-refractivity contribution in [3.05, 3.63) is 47.2 Å². The predicted molar refractivity (Wildman–Crippen MR) is 105 cm³/mol. The summed E-state index contributed by atoms with van der Waals surface area (Å²) in [5.74, 6) is 0.420. The molecule has 10 heteroatoms. The topological polar surface area (TPSA) is 65.4 Å². The van der Waals surface area contributed by atoms with E-state index in [9.17, 15) is 18.0 Å². The van der Waals surface area contributed by atoms with E-state index in [2.05, 4.69) is 15.2 Å². The van der Waals surface area contributed by atoms with Crippen molar-refractivity contribution in [1.29, 1.82) is 0 Å². The summed E-state index contributed by atoms with van der Waals surface area (Å²) in [5.41, 5.74) is 0.903. The molecule has 0 radical (unpaired) electrons. The van der Waals surface area contributed by atoms with E-state index in [1.54, 1.807) is 35.1 Å². The van der Waals surface area contributed by atoms with Gasteiger partial charge in [0.05, 0.1) is 18.3 Å². The molecule has 1 heterocycles. The normalized spacial score (nSPS) is 31.2. The van der Waals surface area contributed by atoms with Gasteiger partial charge in [0.25, 0.3) is 5.91 Å². The molecule has 1 N–H and O–H groups in total. The highest BCUT2D eigenvalue weighted by Crippen LogP contribution is 2.67. The molecular formula is C21H21ClF3N3O3. The molecular weight excluding hydrogens is 435 g/mol. The van der Waals surface area contributed by atoms with Gasteiger partial charge < -0.3 is 10.1 Å². The first-order valence-electron chi connectivity index (χ1n) is 10.1. The zero-order valence-corrected chi connectivity index (χ0v) is 17.2. The summed E-state index contributed by atoms with van der Waals surface area (Å²) in [6.45, 7) is -0.0584. The summed E-state index contributed by atoms with van der Waals surface area (Å²) in [6.07, 6.45) is 1.48. The summed E-state index contributed by atoms with van der Waals surface area (Å²) in [4.78, 5) is 12.3. The third kappa shape index (κ3) is 4.01. The van der Waals surface area contributed by atoms with Crippen molar-refractivity contribution in [2.45, 2.75) is 61.6 Å². The number of amides is 1. The fraction of sp³-hybridized carbons (Fsp3) is 0.524. The van der Waals surface area contributed by atoms with Crippen molar-refractivity contribution in [3.63, 3.8) is 0 Å². The van der Waals surface area contributed by atoms with Crippen molar-refractivity contribution >= 4 is 17.5 Å². The molecule has 1 aromatic heterocycles. The molecule has 0 spiro atoms. The van der Waals surface area contributed by atoms with Crippen LogP contribution in [0, 0.1) is 0 Å². The lowest BCUT2D eigenvalue weighted by Gasteiger charge is -2.70. The lowest BCUT2D eigenvalue weighted by Crippen LogP contribution is -2.77. The number of nitrogens with one attached hydrogen (secondary N) is 1. The number of ether oxygens (including phenoxy) is 2. The van der Waals surface area contributed by atoms with Crippen LogP contribution in [0.2, 0.25) is 5.02 Å². The molecule has 1 aromatic carbocycles. The van der Waals surface area contributed by atoms with Gasteiger partial charge >= 0.3 is 6.36 Å². The first kappa shape index (κ1) is 20.6. The van der Waals surface area contributed by atoms with Crippen molar-refractivity contribution < 1.29 is 27.4 Å². The minimum Gasteiger partial charge on any atom is -0.484 e. The van der Waals surface area contributed by atoms with Crippen LogP contribution < -0.4 is 10.1 Å². The minimum atomic E-state index is -4.59. The van der Waals surface area contributed by atoms with Crippen LogP contribution >= 0.6 is 11.6 Å². The molecule has 6 nitrogen and oxygen atoms in total. The Balaban J connectivity index is 1.08. The Bertz CT molecular complexity index is 966. The minimum absolute atomic E-state index is 0.00812. The fourth-order valence-corrected chi connectivity index (χ4v) is 5.21. The van der Waals surface area contributed by atoms with Gasteiger partial charge in [0.2, 0.25) is 0 Å². The lowest BCUT2D eigenvalue weighted by molar-refractivity contribution is -0.353. The van der Waals surface area contributed by atoms with Crippen LogP contribution in [-0.4, -0.2) is 40.3 Å². The first-order chi connectivity index (χ1) is 14.6. The molecule has 4 fully saturated rings. The second-order valence-electron chi connectivity index (χ2n) is 8.90. The van der Waals surface area contributed by atoms with Gasteiger partial charge in [0.1, 0.15) is 5.75 Å². The zero-order valence-electron chi connectivity index (χ0n) is 16.5. The molecule has 2 bridgehead atoms. The van der Waals surface area contributed by atoms with Gasteiger partial charge in [0, 0.05) is 22.2 Å². The van der Waals surface area contributed by atoms with Crippen LogP contribution in [0.5, 0.6) is 5.75 Å². The molecule has 0 saturated heterocycles. The van der Waals surface area contributed by atoms with E-state index in [4.69, 9.17) is 16.3 Å². The number of alkyl halides is 3. The average molecular weight is 456 g/mol. The third-order valence-electron chi connectivity index (χ3n) is 6.58. The van der Waals surface area contributed by atoms with Crippen molar-refractivity contribution in [1.82, 2.24) is 15.1 Å². The Labute approximate surface area is 181 Å². The summed E-state index contributed by atoms with van der Waals surface area (Å²) >= 11 is 5.83. The number of hydrogen-bond donors (Lipinski definition) is 1. The number of halogens is 4. The summed E-state index contributed by atoms with van der Waals surface area (Å²) in [7, 11) is 0. The van der Waals surface area contributed by atoms with Gasteiger partial charge in [-0.3, -0.25) is 14.2 Å². The highest BCUT2D eigenvalue weighted by molar-refractivity contribution is 6.30. The van der Waals surface area contributed by atoms with E-state index in [1.165, 1.54) is 0 Å². The number of aromatic nitrogens is 2. The lowest BCUT2D eigenvalue weighted by atomic mass is 9.37. The highest BCUT2D eigenvalue weighted by atomic mass is 35.5. The second-order valence-corrected chi connectivity index (χ2v) is 9.34. The van der Waals surface area contributed by atoms with Gasteiger partial charge in [0.15, 0.2) is 6.61 Å². The number of carbonyl (C=O) groups is 1. The van der Waals surface area contributed by atoms with Crippen LogP contribution in [0.25, 0.3) is 0 Å². The fourth-order valence-electron chi connectivity index (χ4n) is 5.09. The van der Waals surface area contributed by atoms with E-state index in [1.807, 2.05) is 6.20 Å². The Hall–Kier alpha value is -2.26. The molecule has 0 atom stereocenters. The van der Waals surface area contributed by atoms with Crippen molar-refractivity contribution in [2.24, 2.45) is 0 Å². The van der Waals surface area contributed by atoms with E-state index in [0.29, 0.717) is 23.6 Å². The Morgan fingerprint density at radius 2 is 1.90 bits per heavy atom. The molecule has 4 aliphatic carbocycles. The molecule has 4 saturated carbocycles. The van der Waals surface area contributed by atoms with E-state index in [-0.39, 0.29) is 29.5 Å². The van der Waals surface area contributed by atoms with Crippen LogP contribution in [0.3, 0.4) is 0 Å². The summed E-state index contributed by atoms with van der Waals surface area (Å²) in [5, 5.41) is 8.03. The first-order valence-corrected chi connectivity index (χ1v) is 10.5. The molecule has 31 heavy (non-hydrogen) atoms. The number of benzene rings is 1. The quantitative estimate of drug-likeness (QED) is 0.681. The Morgan fingerprint density at radius 3 is 2.55 bits per heavy atom. The maximum absolute atomic E-state index is 12.3. The summed E-state index contributed by atoms with van der Waals surface area (Å²) in [6, 6.07) is 6.76. The van der Waals surface area contributed by atoms with Gasteiger partial charge in [-0.05, 0) is 61.9 Å². The second kappa shape index (κ2) is 7.13. The molecule has 166 valence electrons. The van der Waals surface area contributed by atoms with Crippen molar-refractivity contribution in [2.75, 3.05) is 6.61 Å². The molecule has 1 amide bonds. The number of carbonyl (C=O) groups excluding carboxylic acids is 1. The van der Waals surface area contributed by atoms with Crippen molar-refractivity contribution in [3.8, 4) is 5.75 Å². The number of rotatable bonds is 7. The molecule has 4 aliphatic rings. The molecule has 6 rings (SSSR count). The maximum Gasteiger partial charge on any atom is 0.522 e. The van der Waals surface area contributed by atoms with Crippen LogP contribution in [0.15, 0.2) is 36.7 Å². The highest BCUT2D eigenvalue weighted by Gasteiger charge is 2.69. The Kier molecular flexibility index (Phi) is 4.75. The molecule has 0 unspecified atom stereocenters. The van der Waals surface area contributed by atoms with Gasteiger partial charge in [-0.2, -0.15) is 5.10 Å². The third-order valence-corrected chi connectivity index (χ3v) is 6.83. The zero-order chi connectivity index (χ0) is 21.9. The van der Waals surface area contributed by atoms with Crippen LogP contribution in [0.4, 0.5) is 13.2 Å². The van der Waals surface area contributed by atoms with E-state index in [0.717, 1.165) is 24.8 Å². The predicted octanol–water partition coefficient (Wildman–Crippen LogP) is 4.15. The van der Waals surface area contributed by atoms with Gasteiger partial charge in [-0.1, -0.05) is 11.6 Å².